The van der Waals surface area contributed by atoms with Crippen LogP contribution in [-0.4, -0.2) is 52.1 Å². The van der Waals surface area contributed by atoms with Gasteiger partial charge in [-0.25, -0.2) is 9.59 Å². The molecule has 0 saturated carbocycles. The Bertz CT molecular complexity index is 820. The largest absolute Gasteiger partial charge is 0.465 e. The molecule has 0 atom stereocenters. The minimum atomic E-state index is -0.473. The molecule has 0 aliphatic rings. The molecule has 0 radical (unpaired) electrons. The molecular formula is C20H21I3N2O6. The maximum absolute atomic E-state index is 11.4. The number of carbonyl (C=O) groups is 4. The molecule has 2 rings (SSSR count). The van der Waals surface area contributed by atoms with Gasteiger partial charge in [-0.1, -0.05) is 0 Å². The van der Waals surface area contributed by atoms with Crippen LogP contribution in [0.15, 0.2) is 36.4 Å². The molecule has 168 valence electrons. The van der Waals surface area contributed by atoms with E-state index in [1.807, 2.05) is 22.6 Å². The van der Waals surface area contributed by atoms with Crippen molar-refractivity contribution < 1.29 is 28.7 Å². The zero-order valence-corrected chi connectivity index (χ0v) is 23.7. The summed E-state index contributed by atoms with van der Waals surface area (Å²) in [5.74, 6) is -1.34. The van der Waals surface area contributed by atoms with E-state index >= 15 is 0 Å². The molecule has 0 aromatic heterocycles. The van der Waals surface area contributed by atoms with Gasteiger partial charge in [0.1, 0.15) is 0 Å². The zero-order valence-electron chi connectivity index (χ0n) is 17.1. The molecule has 0 aliphatic carbocycles. The summed E-state index contributed by atoms with van der Waals surface area (Å²) in [7, 11) is 5.70. The van der Waals surface area contributed by atoms with Crippen LogP contribution in [0.25, 0.3) is 0 Å². The molecular weight excluding hydrogens is 745 g/mol. The number of halogens is 3. The first-order valence-electron chi connectivity index (χ1n) is 8.38. The summed E-state index contributed by atoms with van der Waals surface area (Å²) in [5, 5.41) is 5.04. The molecule has 0 fully saturated rings. The van der Waals surface area contributed by atoms with Gasteiger partial charge in [0, 0.05) is 32.4 Å². The van der Waals surface area contributed by atoms with Gasteiger partial charge in [0.15, 0.2) is 0 Å². The maximum atomic E-state index is 11.4. The average Bonchev–Trinajstić information content (AvgIpc) is 2.76. The van der Waals surface area contributed by atoms with Crippen LogP contribution >= 0.6 is 69.2 Å². The Morgan fingerprint density at radius 2 is 0.935 bits per heavy atom. The molecule has 0 saturated heterocycles. The third-order valence-corrected chi connectivity index (χ3v) is 4.86. The molecule has 0 spiro atoms. The number of hydrogen-bond acceptors (Lipinski definition) is 6. The quantitative estimate of drug-likeness (QED) is 0.365. The van der Waals surface area contributed by atoms with Crippen molar-refractivity contribution in [3.05, 3.63) is 65.8 Å². The zero-order chi connectivity index (χ0) is 22.8. The Labute approximate surface area is 224 Å². The van der Waals surface area contributed by atoms with Gasteiger partial charge in [0.05, 0.1) is 25.3 Å². The van der Waals surface area contributed by atoms with Crippen molar-refractivity contribution in [1.29, 1.82) is 0 Å². The van der Waals surface area contributed by atoms with Gasteiger partial charge in [-0.15, -0.1) is 24.0 Å². The van der Waals surface area contributed by atoms with Crippen LogP contribution in [0.4, 0.5) is 0 Å². The molecule has 2 N–H and O–H groups in total. The summed E-state index contributed by atoms with van der Waals surface area (Å²) in [4.78, 5) is 45.3. The molecule has 0 bridgehead atoms. The second-order valence-electron chi connectivity index (χ2n) is 5.60. The minimum Gasteiger partial charge on any atom is -0.465 e. The number of benzene rings is 2. The van der Waals surface area contributed by atoms with Gasteiger partial charge in [-0.2, -0.15) is 0 Å². The molecule has 0 unspecified atom stereocenters. The fourth-order valence-corrected chi connectivity index (χ4v) is 3.54. The van der Waals surface area contributed by atoms with E-state index < -0.39 is 11.9 Å². The van der Waals surface area contributed by atoms with E-state index in [9.17, 15) is 19.2 Å². The number of ether oxygens (including phenoxy) is 2. The standard InChI is InChI=1S/C10H11IN2O2.C10H9IO4.HI/c1-12-9(14)6-3-7(10(15)13-2)5-8(11)4-6;1-14-9(12)6-3-7(10(13)15-2)5-8(11)4-6;/h3-5H,1-2H3,(H,12,14)(H,13,15);3-5H,1-2H3;1H. The predicted octanol–water partition coefficient (Wildman–Crippen LogP) is 3.49. The Hall–Kier alpha value is -1.49. The molecule has 31 heavy (non-hydrogen) atoms. The third kappa shape index (κ3) is 9.26. The Kier molecular flexibility index (Phi) is 13.8. The molecule has 2 aromatic carbocycles. The second-order valence-corrected chi connectivity index (χ2v) is 8.09. The van der Waals surface area contributed by atoms with Crippen LogP contribution in [0.1, 0.15) is 41.4 Å². The highest BCUT2D eigenvalue weighted by atomic mass is 127. The fraction of sp³-hybridized carbons (Fsp3) is 0.200. The summed E-state index contributed by atoms with van der Waals surface area (Å²) < 4.78 is 10.8. The summed E-state index contributed by atoms with van der Waals surface area (Å²) >= 11 is 4.09. The normalized spacial score (nSPS) is 9.23. The lowest BCUT2D eigenvalue weighted by molar-refractivity contribution is 0.0598. The highest BCUT2D eigenvalue weighted by molar-refractivity contribution is 14.1. The van der Waals surface area contributed by atoms with Crippen molar-refractivity contribution in [1.82, 2.24) is 10.6 Å². The van der Waals surface area contributed by atoms with Crippen LogP contribution in [0.3, 0.4) is 0 Å². The summed E-state index contributed by atoms with van der Waals surface area (Å²) in [5.41, 5.74) is 1.65. The minimum absolute atomic E-state index is 0. The lowest BCUT2D eigenvalue weighted by atomic mass is 10.1. The predicted molar refractivity (Wildman–Crippen MR) is 143 cm³/mol. The van der Waals surface area contributed by atoms with E-state index in [2.05, 4.69) is 42.7 Å². The summed E-state index contributed by atoms with van der Waals surface area (Å²) in [6.45, 7) is 0. The summed E-state index contributed by atoms with van der Waals surface area (Å²) in [6, 6.07) is 9.75. The highest BCUT2D eigenvalue weighted by Gasteiger charge is 2.12. The van der Waals surface area contributed by atoms with E-state index in [4.69, 9.17) is 0 Å². The maximum Gasteiger partial charge on any atom is 0.337 e. The van der Waals surface area contributed by atoms with Crippen LogP contribution in [0.2, 0.25) is 0 Å². The molecule has 11 heteroatoms. The Balaban J connectivity index is 0.000000562. The van der Waals surface area contributed by atoms with E-state index in [1.54, 1.807) is 44.4 Å². The number of rotatable bonds is 4. The SMILES string of the molecule is CNC(=O)c1cc(I)cc(C(=O)NC)c1.COC(=O)c1cc(I)cc(C(=O)OC)c1.I. The molecule has 0 aliphatic heterocycles. The molecule has 8 nitrogen and oxygen atoms in total. The molecule has 2 aromatic rings. The van der Waals surface area contributed by atoms with E-state index in [-0.39, 0.29) is 35.8 Å². The first kappa shape index (κ1) is 29.5. The smallest absolute Gasteiger partial charge is 0.337 e. The first-order chi connectivity index (χ1) is 14.2. The second kappa shape index (κ2) is 14.5. The fourth-order valence-electron chi connectivity index (χ4n) is 2.20. The van der Waals surface area contributed by atoms with Gasteiger partial charge in [-0.05, 0) is 81.6 Å². The monoisotopic (exact) mass is 766 g/mol. The number of carbonyl (C=O) groups excluding carboxylic acids is 4. The topological polar surface area (TPSA) is 111 Å². The van der Waals surface area contributed by atoms with Gasteiger partial charge in [0.25, 0.3) is 11.8 Å². The van der Waals surface area contributed by atoms with Crippen molar-refractivity contribution in [2.24, 2.45) is 0 Å². The van der Waals surface area contributed by atoms with Gasteiger partial charge < -0.3 is 20.1 Å². The average molecular weight is 766 g/mol. The van der Waals surface area contributed by atoms with E-state index in [0.29, 0.717) is 22.3 Å². The van der Waals surface area contributed by atoms with Crippen LogP contribution in [0.5, 0.6) is 0 Å². The number of methoxy groups -OCH3 is 2. The first-order valence-corrected chi connectivity index (χ1v) is 10.5. The lowest BCUT2D eigenvalue weighted by Gasteiger charge is -2.04. The van der Waals surface area contributed by atoms with Crippen LogP contribution in [0, 0.1) is 7.14 Å². The van der Waals surface area contributed by atoms with Crippen LogP contribution in [-0.2, 0) is 9.47 Å². The molecule has 0 heterocycles. The van der Waals surface area contributed by atoms with E-state index in [0.717, 1.165) is 7.14 Å². The van der Waals surface area contributed by atoms with E-state index in [1.165, 1.54) is 20.3 Å². The Morgan fingerprint density at radius 1 is 0.645 bits per heavy atom. The number of nitrogens with one attached hydrogen (secondary N) is 2. The van der Waals surface area contributed by atoms with Gasteiger partial charge in [-0.3, -0.25) is 9.59 Å². The van der Waals surface area contributed by atoms with Gasteiger partial charge >= 0.3 is 11.9 Å². The van der Waals surface area contributed by atoms with Crippen molar-refractivity contribution >= 4 is 92.9 Å². The van der Waals surface area contributed by atoms with Crippen molar-refractivity contribution in [3.63, 3.8) is 0 Å². The lowest BCUT2D eigenvalue weighted by Crippen LogP contribution is -2.21. The molecule has 2 amide bonds. The van der Waals surface area contributed by atoms with Crippen molar-refractivity contribution in [2.45, 2.75) is 0 Å². The third-order valence-electron chi connectivity index (χ3n) is 3.62. The summed E-state index contributed by atoms with van der Waals surface area (Å²) in [6.07, 6.45) is 0. The number of esters is 2. The van der Waals surface area contributed by atoms with Crippen molar-refractivity contribution in [2.75, 3.05) is 28.3 Å². The number of amides is 2. The number of hydrogen-bond donors (Lipinski definition) is 2. The Morgan fingerprint density at radius 3 is 1.23 bits per heavy atom. The highest BCUT2D eigenvalue weighted by Crippen LogP contribution is 2.14. The van der Waals surface area contributed by atoms with Crippen LogP contribution < -0.4 is 10.6 Å². The van der Waals surface area contributed by atoms with Gasteiger partial charge in [0.2, 0.25) is 0 Å². The van der Waals surface area contributed by atoms with Crippen molar-refractivity contribution in [3.8, 4) is 0 Å².